The van der Waals surface area contributed by atoms with Gasteiger partial charge in [-0.2, -0.15) is 0 Å². The van der Waals surface area contributed by atoms with Crippen molar-refractivity contribution in [1.82, 2.24) is 0 Å². The summed E-state index contributed by atoms with van der Waals surface area (Å²) in [6.07, 6.45) is 0.756. The van der Waals surface area contributed by atoms with E-state index in [0.717, 1.165) is 6.42 Å². The van der Waals surface area contributed by atoms with Crippen LogP contribution in [0.3, 0.4) is 0 Å². The molecule has 0 bridgehead atoms. The van der Waals surface area contributed by atoms with Crippen molar-refractivity contribution in [1.29, 1.82) is 0 Å². The van der Waals surface area contributed by atoms with Gasteiger partial charge in [-0.3, -0.25) is 0 Å². The van der Waals surface area contributed by atoms with Crippen molar-refractivity contribution < 1.29 is 4.43 Å². The number of nitrogens with two attached hydrogens (primary N) is 1. The van der Waals surface area contributed by atoms with Crippen LogP contribution in [0.5, 0.6) is 0 Å². The zero-order valence-corrected chi connectivity index (χ0v) is 12.6. The summed E-state index contributed by atoms with van der Waals surface area (Å²) in [5, 5.41) is 0. The summed E-state index contributed by atoms with van der Waals surface area (Å²) < 4.78 is 6.00. The van der Waals surface area contributed by atoms with E-state index in [4.69, 9.17) is 21.8 Å². The van der Waals surface area contributed by atoms with Gasteiger partial charge in [0.05, 0.1) is 6.10 Å². The van der Waals surface area contributed by atoms with Crippen molar-refractivity contribution >= 4 is 19.9 Å². The molecule has 0 amide bonds. The van der Waals surface area contributed by atoms with Crippen LogP contribution >= 0.6 is 11.6 Å². The first-order chi connectivity index (χ1) is 7.92. The van der Waals surface area contributed by atoms with E-state index in [1.54, 1.807) is 0 Å². The van der Waals surface area contributed by atoms with Crippen LogP contribution in [0.2, 0.25) is 19.6 Å². The van der Waals surface area contributed by atoms with Gasteiger partial charge in [0.2, 0.25) is 0 Å². The molecule has 0 saturated heterocycles. The van der Waals surface area contributed by atoms with Crippen LogP contribution < -0.4 is 5.73 Å². The molecule has 0 radical (unpaired) electrons. The smallest absolute Gasteiger partial charge is 0.184 e. The molecule has 0 saturated carbocycles. The Bertz CT molecular complexity index is 326. The molecule has 2 unspecified atom stereocenters. The van der Waals surface area contributed by atoms with Crippen molar-refractivity contribution in [2.24, 2.45) is 5.73 Å². The fraction of sp³-hybridized carbons (Fsp3) is 0.538. The molecule has 1 rings (SSSR count). The molecule has 2 nitrogen and oxygen atoms in total. The van der Waals surface area contributed by atoms with Crippen molar-refractivity contribution in [2.75, 3.05) is 5.88 Å². The molecule has 0 heterocycles. The van der Waals surface area contributed by atoms with Gasteiger partial charge in [-0.15, -0.1) is 11.6 Å². The Morgan fingerprint density at radius 2 is 1.82 bits per heavy atom. The lowest BCUT2D eigenvalue weighted by molar-refractivity contribution is 0.185. The largest absolute Gasteiger partial charge is 0.412 e. The standard InChI is InChI=1S/C13H22ClNOSi/c1-17(2,3)16-13(10-14)12(15)9-11-7-5-4-6-8-11/h4-8,12-13H,9-10,15H2,1-3H3. The third kappa shape index (κ3) is 5.68. The van der Waals surface area contributed by atoms with Gasteiger partial charge in [0.15, 0.2) is 8.32 Å². The molecule has 0 spiro atoms. The molecule has 1 aromatic rings. The highest BCUT2D eigenvalue weighted by molar-refractivity contribution is 6.69. The van der Waals surface area contributed by atoms with E-state index in [0.29, 0.717) is 5.88 Å². The van der Waals surface area contributed by atoms with Gasteiger partial charge >= 0.3 is 0 Å². The number of alkyl halides is 1. The molecule has 4 heteroatoms. The van der Waals surface area contributed by atoms with Crippen LogP contribution in [0.25, 0.3) is 0 Å². The van der Waals surface area contributed by atoms with Crippen molar-refractivity contribution in [3.05, 3.63) is 35.9 Å². The van der Waals surface area contributed by atoms with E-state index < -0.39 is 8.32 Å². The molecule has 0 aliphatic rings. The monoisotopic (exact) mass is 271 g/mol. The number of hydrogen-bond acceptors (Lipinski definition) is 2. The second-order valence-electron chi connectivity index (χ2n) is 5.28. The second-order valence-corrected chi connectivity index (χ2v) is 10.0. The Balaban J connectivity index is 2.58. The minimum Gasteiger partial charge on any atom is -0.412 e. The highest BCUT2D eigenvalue weighted by Crippen LogP contribution is 2.14. The number of hydrogen-bond donors (Lipinski definition) is 1. The third-order valence-electron chi connectivity index (χ3n) is 2.45. The first-order valence-corrected chi connectivity index (χ1v) is 9.90. The predicted octanol–water partition coefficient (Wildman–Crippen LogP) is 3.02. The van der Waals surface area contributed by atoms with E-state index in [1.807, 2.05) is 18.2 Å². The van der Waals surface area contributed by atoms with E-state index in [1.165, 1.54) is 5.56 Å². The molecular formula is C13H22ClNOSi. The van der Waals surface area contributed by atoms with Crippen molar-refractivity contribution in [3.63, 3.8) is 0 Å². The lowest BCUT2D eigenvalue weighted by Crippen LogP contribution is -2.45. The molecule has 96 valence electrons. The van der Waals surface area contributed by atoms with E-state index >= 15 is 0 Å². The summed E-state index contributed by atoms with van der Waals surface area (Å²) in [6.45, 7) is 6.46. The molecule has 2 atom stereocenters. The number of halogens is 1. The van der Waals surface area contributed by atoms with Crippen LogP contribution in [0.15, 0.2) is 30.3 Å². The first kappa shape index (κ1) is 14.7. The van der Waals surface area contributed by atoms with Crippen LogP contribution in [0, 0.1) is 0 Å². The van der Waals surface area contributed by atoms with Crippen molar-refractivity contribution in [2.45, 2.75) is 38.2 Å². The SMILES string of the molecule is C[Si](C)(C)OC(CCl)C(N)Cc1ccccc1. The minimum absolute atomic E-state index is 0.0402. The molecule has 0 aliphatic carbocycles. The Kier molecular flexibility index (Phi) is 5.66. The average Bonchev–Trinajstić information content (AvgIpc) is 2.26. The fourth-order valence-electron chi connectivity index (χ4n) is 1.71. The Morgan fingerprint density at radius 3 is 2.29 bits per heavy atom. The van der Waals surface area contributed by atoms with Gasteiger partial charge < -0.3 is 10.2 Å². The van der Waals surface area contributed by atoms with E-state index in [2.05, 4.69) is 31.8 Å². The van der Waals surface area contributed by atoms with E-state index in [-0.39, 0.29) is 12.1 Å². The molecular weight excluding hydrogens is 250 g/mol. The average molecular weight is 272 g/mol. The fourth-order valence-corrected chi connectivity index (χ4v) is 3.27. The first-order valence-electron chi connectivity index (χ1n) is 5.95. The summed E-state index contributed by atoms with van der Waals surface area (Å²) in [5.41, 5.74) is 7.41. The molecule has 0 aromatic heterocycles. The lowest BCUT2D eigenvalue weighted by Gasteiger charge is -2.29. The maximum atomic E-state index is 6.18. The van der Waals surface area contributed by atoms with Gasteiger partial charge in [-0.05, 0) is 31.6 Å². The topological polar surface area (TPSA) is 35.2 Å². The Morgan fingerprint density at radius 1 is 1.24 bits per heavy atom. The van der Waals surface area contributed by atoms with Crippen LogP contribution in [-0.4, -0.2) is 26.3 Å². The van der Waals surface area contributed by atoms with Crippen molar-refractivity contribution in [3.8, 4) is 0 Å². The molecule has 17 heavy (non-hydrogen) atoms. The summed E-state index contributed by atoms with van der Waals surface area (Å²) in [5.74, 6) is 0.457. The van der Waals surface area contributed by atoms with E-state index in [9.17, 15) is 0 Å². The van der Waals surface area contributed by atoms with Crippen LogP contribution in [-0.2, 0) is 10.8 Å². The molecule has 0 aliphatic heterocycles. The lowest BCUT2D eigenvalue weighted by atomic mass is 10.0. The Labute approximate surface area is 110 Å². The quantitative estimate of drug-likeness (QED) is 0.638. The zero-order chi connectivity index (χ0) is 12.9. The normalized spacial score (nSPS) is 15.6. The number of rotatable bonds is 6. The summed E-state index contributed by atoms with van der Waals surface area (Å²) in [6, 6.07) is 10.2. The molecule has 2 N–H and O–H groups in total. The minimum atomic E-state index is -1.59. The number of benzene rings is 1. The van der Waals surface area contributed by atoms with Crippen LogP contribution in [0.1, 0.15) is 5.56 Å². The second kappa shape index (κ2) is 6.54. The summed E-state index contributed by atoms with van der Waals surface area (Å²) in [7, 11) is -1.59. The van der Waals surface area contributed by atoms with Gasteiger partial charge in [0, 0.05) is 11.9 Å². The Hall–Kier alpha value is -0.353. The van der Waals surface area contributed by atoms with Gasteiger partial charge in [0.25, 0.3) is 0 Å². The maximum Gasteiger partial charge on any atom is 0.184 e. The van der Waals surface area contributed by atoms with Gasteiger partial charge in [0.1, 0.15) is 0 Å². The summed E-state index contributed by atoms with van der Waals surface area (Å²) >= 11 is 5.95. The maximum absolute atomic E-state index is 6.18. The van der Waals surface area contributed by atoms with Gasteiger partial charge in [-0.1, -0.05) is 30.3 Å². The highest BCUT2D eigenvalue weighted by Gasteiger charge is 2.25. The van der Waals surface area contributed by atoms with Crippen LogP contribution in [0.4, 0.5) is 0 Å². The third-order valence-corrected chi connectivity index (χ3v) is 3.76. The summed E-state index contributed by atoms with van der Waals surface area (Å²) in [4.78, 5) is 0. The molecule has 0 fully saturated rings. The zero-order valence-electron chi connectivity index (χ0n) is 10.8. The molecule has 1 aromatic carbocycles. The highest BCUT2D eigenvalue weighted by atomic mass is 35.5. The predicted molar refractivity (Wildman–Crippen MR) is 77.1 cm³/mol. The van der Waals surface area contributed by atoms with Gasteiger partial charge in [-0.25, -0.2) is 0 Å².